The minimum Gasteiger partial charge on any atom is -0.327 e. The Morgan fingerprint density at radius 2 is 2.38 bits per heavy atom. The zero-order valence-electron chi connectivity index (χ0n) is 9.56. The average molecular weight is 223 g/mol. The number of likely N-dealkylation sites (tertiary alicyclic amines) is 1. The molecule has 0 amide bonds. The highest BCUT2D eigenvalue weighted by Gasteiger charge is 2.22. The number of nitrogens with two attached hydrogens (primary N) is 1. The minimum atomic E-state index is -0.273. The van der Waals surface area contributed by atoms with Crippen molar-refractivity contribution in [2.24, 2.45) is 5.73 Å². The summed E-state index contributed by atoms with van der Waals surface area (Å²) in [5, 5.41) is 0. The second-order valence-corrected chi connectivity index (χ2v) is 4.51. The Hall–Kier alpha value is -1.00. The van der Waals surface area contributed by atoms with Crippen LogP contribution in [-0.2, 0) is 0 Å². The topological polar surface area (TPSA) is 42.2 Å². The molecule has 0 aromatic carbocycles. The van der Waals surface area contributed by atoms with Crippen molar-refractivity contribution in [3.8, 4) is 0 Å². The standard InChI is InChI=1S/C12H18FN3/c1-9(10-5-11(13)7-15-6-10)16-4-2-3-12(14)8-16/h5-7,9,12H,2-4,8,14H2,1H3. The molecule has 1 aromatic heterocycles. The van der Waals surface area contributed by atoms with E-state index in [0.29, 0.717) is 0 Å². The van der Waals surface area contributed by atoms with Crippen LogP contribution in [-0.4, -0.2) is 29.0 Å². The van der Waals surface area contributed by atoms with Gasteiger partial charge in [-0.1, -0.05) is 0 Å². The molecule has 1 aromatic rings. The van der Waals surface area contributed by atoms with E-state index >= 15 is 0 Å². The first-order valence-corrected chi connectivity index (χ1v) is 5.77. The Kier molecular flexibility index (Phi) is 3.51. The number of hydrogen-bond donors (Lipinski definition) is 1. The number of aromatic nitrogens is 1. The van der Waals surface area contributed by atoms with E-state index in [1.807, 2.05) is 0 Å². The van der Waals surface area contributed by atoms with E-state index in [1.165, 1.54) is 6.20 Å². The highest BCUT2D eigenvalue weighted by molar-refractivity contribution is 5.14. The van der Waals surface area contributed by atoms with Crippen LogP contribution >= 0.6 is 0 Å². The molecular formula is C12H18FN3. The molecule has 0 saturated carbocycles. The maximum atomic E-state index is 13.1. The largest absolute Gasteiger partial charge is 0.327 e. The van der Waals surface area contributed by atoms with Gasteiger partial charge in [-0.25, -0.2) is 4.39 Å². The van der Waals surface area contributed by atoms with E-state index in [2.05, 4.69) is 16.8 Å². The normalized spacial score (nSPS) is 24.3. The van der Waals surface area contributed by atoms with E-state index in [1.54, 1.807) is 12.3 Å². The van der Waals surface area contributed by atoms with Gasteiger partial charge in [-0.2, -0.15) is 0 Å². The van der Waals surface area contributed by atoms with Gasteiger partial charge in [0.1, 0.15) is 5.82 Å². The van der Waals surface area contributed by atoms with Gasteiger partial charge in [-0.05, 0) is 37.9 Å². The van der Waals surface area contributed by atoms with E-state index in [0.717, 1.165) is 31.5 Å². The number of piperidine rings is 1. The molecule has 88 valence electrons. The summed E-state index contributed by atoms with van der Waals surface area (Å²) in [6.45, 7) is 4.00. The van der Waals surface area contributed by atoms with Crippen LogP contribution in [0.4, 0.5) is 4.39 Å². The first kappa shape index (κ1) is 11.5. The molecule has 0 spiro atoms. The Morgan fingerprint density at radius 1 is 1.56 bits per heavy atom. The number of hydrogen-bond acceptors (Lipinski definition) is 3. The third-order valence-electron chi connectivity index (χ3n) is 3.25. The predicted octanol–water partition coefficient (Wildman–Crippen LogP) is 1.70. The lowest BCUT2D eigenvalue weighted by Gasteiger charge is -2.35. The molecule has 2 N–H and O–H groups in total. The van der Waals surface area contributed by atoms with E-state index in [9.17, 15) is 4.39 Å². The third-order valence-corrected chi connectivity index (χ3v) is 3.25. The van der Waals surface area contributed by atoms with Crippen molar-refractivity contribution in [1.29, 1.82) is 0 Å². The van der Waals surface area contributed by atoms with Crippen LogP contribution in [0.1, 0.15) is 31.4 Å². The van der Waals surface area contributed by atoms with E-state index in [4.69, 9.17) is 5.73 Å². The molecule has 2 heterocycles. The maximum Gasteiger partial charge on any atom is 0.141 e. The second-order valence-electron chi connectivity index (χ2n) is 4.51. The molecule has 3 nitrogen and oxygen atoms in total. The number of pyridine rings is 1. The van der Waals surface area contributed by atoms with E-state index in [-0.39, 0.29) is 17.9 Å². The second kappa shape index (κ2) is 4.89. The summed E-state index contributed by atoms with van der Waals surface area (Å²) in [5.74, 6) is -0.273. The van der Waals surface area contributed by atoms with Crippen molar-refractivity contribution >= 4 is 0 Å². The Bertz CT molecular complexity index is 356. The highest BCUT2D eigenvalue weighted by atomic mass is 19.1. The van der Waals surface area contributed by atoms with Gasteiger partial charge in [0.25, 0.3) is 0 Å². The zero-order chi connectivity index (χ0) is 11.5. The van der Waals surface area contributed by atoms with Crippen molar-refractivity contribution in [3.63, 3.8) is 0 Å². The van der Waals surface area contributed by atoms with Gasteiger partial charge in [0.15, 0.2) is 0 Å². The quantitative estimate of drug-likeness (QED) is 0.830. The molecule has 2 atom stereocenters. The van der Waals surface area contributed by atoms with Gasteiger partial charge in [0, 0.05) is 24.8 Å². The molecule has 0 bridgehead atoms. The maximum absolute atomic E-state index is 13.1. The fraction of sp³-hybridized carbons (Fsp3) is 0.583. The molecule has 1 aliphatic heterocycles. The van der Waals surface area contributed by atoms with Gasteiger partial charge in [-0.15, -0.1) is 0 Å². The lowest BCUT2D eigenvalue weighted by molar-refractivity contribution is 0.159. The molecule has 4 heteroatoms. The molecule has 1 fully saturated rings. The molecule has 16 heavy (non-hydrogen) atoms. The van der Waals surface area contributed by atoms with Crippen LogP contribution in [0.25, 0.3) is 0 Å². The summed E-state index contributed by atoms with van der Waals surface area (Å²) in [6, 6.07) is 1.99. The average Bonchev–Trinajstić information content (AvgIpc) is 2.28. The van der Waals surface area contributed by atoms with Crippen LogP contribution in [0, 0.1) is 5.82 Å². The highest BCUT2D eigenvalue weighted by Crippen LogP contribution is 2.23. The summed E-state index contributed by atoms with van der Waals surface area (Å²) in [6.07, 6.45) is 5.17. The summed E-state index contributed by atoms with van der Waals surface area (Å²) in [5.41, 5.74) is 6.86. The molecule has 1 aliphatic rings. The monoisotopic (exact) mass is 223 g/mol. The van der Waals surface area contributed by atoms with Crippen molar-refractivity contribution in [1.82, 2.24) is 9.88 Å². The molecule has 0 aliphatic carbocycles. The van der Waals surface area contributed by atoms with Gasteiger partial charge < -0.3 is 5.73 Å². The molecule has 2 rings (SSSR count). The van der Waals surface area contributed by atoms with Crippen LogP contribution in [0.5, 0.6) is 0 Å². The molecule has 1 saturated heterocycles. The summed E-state index contributed by atoms with van der Waals surface area (Å²) in [7, 11) is 0. The summed E-state index contributed by atoms with van der Waals surface area (Å²) < 4.78 is 13.1. The number of rotatable bonds is 2. The summed E-state index contributed by atoms with van der Waals surface area (Å²) in [4.78, 5) is 6.18. The van der Waals surface area contributed by atoms with Crippen LogP contribution in [0.15, 0.2) is 18.5 Å². The van der Waals surface area contributed by atoms with Crippen molar-refractivity contribution < 1.29 is 4.39 Å². The van der Waals surface area contributed by atoms with Crippen LogP contribution in [0.3, 0.4) is 0 Å². The van der Waals surface area contributed by atoms with Gasteiger partial charge in [0.05, 0.1) is 6.20 Å². The summed E-state index contributed by atoms with van der Waals surface area (Å²) >= 11 is 0. The van der Waals surface area contributed by atoms with Gasteiger partial charge in [-0.3, -0.25) is 9.88 Å². The number of nitrogens with zero attached hydrogens (tertiary/aromatic N) is 2. The Balaban J connectivity index is 2.09. The Morgan fingerprint density at radius 3 is 3.06 bits per heavy atom. The predicted molar refractivity (Wildman–Crippen MR) is 61.4 cm³/mol. The number of halogens is 1. The first-order chi connectivity index (χ1) is 7.66. The van der Waals surface area contributed by atoms with Crippen LogP contribution < -0.4 is 5.73 Å². The molecular weight excluding hydrogens is 205 g/mol. The van der Waals surface area contributed by atoms with Crippen molar-refractivity contribution in [3.05, 3.63) is 29.8 Å². The minimum absolute atomic E-state index is 0.189. The van der Waals surface area contributed by atoms with Crippen LogP contribution in [0.2, 0.25) is 0 Å². The van der Waals surface area contributed by atoms with Gasteiger partial charge in [0.2, 0.25) is 0 Å². The van der Waals surface area contributed by atoms with Crippen molar-refractivity contribution in [2.45, 2.75) is 31.8 Å². The van der Waals surface area contributed by atoms with E-state index < -0.39 is 0 Å². The molecule has 2 unspecified atom stereocenters. The van der Waals surface area contributed by atoms with Crippen molar-refractivity contribution in [2.75, 3.05) is 13.1 Å². The Labute approximate surface area is 95.5 Å². The first-order valence-electron chi connectivity index (χ1n) is 5.77. The SMILES string of the molecule is CC(c1cncc(F)c1)N1CCCC(N)C1. The van der Waals surface area contributed by atoms with Gasteiger partial charge >= 0.3 is 0 Å². The third kappa shape index (κ3) is 2.57. The fourth-order valence-electron chi connectivity index (χ4n) is 2.26. The smallest absolute Gasteiger partial charge is 0.141 e. The lowest BCUT2D eigenvalue weighted by atomic mass is 10.0. The fourth-order valence-corrected chi connectivity index (χ4v) is 2.26. The lowest BCUT2D eigenvalue weighted by Crippen LogP contribution is -2.43. The zero-order valence-corrected chi connectivity index (χ0v) is 9.56. The molecule has 0 radical (unpaired) electrons.